The number of hydrogen-bond acceptors (Lipinski definition) is 6. The molecule has 0 aliphatic heterocycles. The van der Waals surface area contributed by atoms with Crippen molar-refractivity contribution in [2.24, 2.45) is 0 Å². The summed E-state index contributed by atoms with van der Waals surface area (Å²) in [5.74, 6) is 1.03. The number of rotatable bonds is 5. The van der Waals surface area contributed by atoms with Gasteiger partial charge >= 0.3 is 0 Å². The first-order chi connectivity index (χ1) is 9.90. The van der Waals surface area contributed by atoms with E-state index < -0.39 is 9.84 Å². The van der Waals surface area contributed by atoms with E-state index in [1.54, 1.807) is 25.3 Å². The molecule has 0 saturated carbocycles. The van der Waals surface area contributed by atoms with Crippen molar-refractivity contribution in [3.8, 4) is 5.75 Å². The van der Waals surface area contributed by atoms with E-state index in [4.69, 9.17) is 16.3 Å². The van der Waals surface area contributed by atoms with Crippen LogP contribution in [0.5, 0.6) is 5.75 Å². The van der Waals surface area contributed by atoms with Crippen LogP contribution in [-0.2, 0) is 16.4 Å². The number of benzene rings is 1. The second-order valence-electron chi connectivity index (χ2n) is 4.32. The minimum atomic E-state index is -3.42. The van der Waals surface area contributed by atoms with Crippen molar-refractivity contribution in [1.82, 2.24) is 9.97 Å². The van der Waals surface area contributed by atoms with E-state index in [-0.39, 0.29) is 5.16 Å². The summed E-state index contributed by atoms with van der Waals surface area (Å²) < 4.78 is 27.9. The van der Waals surface area contributed by atoms with Gasteiger partial charge in [0, 0.05) is 19.0 Å². The number of halogens is 1. The normalized spacial score (nSPS) is 11.2. The summed E-state index contributed by atoms with van der Waals surface area (Å²) in [6, 6.07) is 6.99. The van der Waals surface area contributed by atoms with E-state index in [2.05, 4.69) is 15.3 Å². The minimum absolute atomic E-state index is 0.208. The molecule has 2 rings (SSSR count). The average Bonchev–Trinajstić information content (AvgIpc) is 2.45. The standard InChI is InChI=1S/C13H14ClN3O3S/c1-20-11-4-3-9(7-10(11)14)8-16-12-5-6-15-13(17-12)21(2,18)19/h3-7H,8H2,1-2H3,(H,15,16,17). The second-order valence-corrected chi connectivity index (χ2v) is 6.64. The Morgan fingerprint density at radius 2 is 2.10 bits per heavy atom. The number of methoxy groups -OCH3 is 1. The highest BCUT2D eigenvalue weighted by Crippen LogP contribution is 2.25. The monoisotopic (exact) mass is 327 g/mol. The van der Waals surface area contributed by atoms with Gasteiger partial charge in [-0.2, -0.15) is 0 Å². The van der Waals surface area contributed by atoms with Gasteiger partial charge < -0.3 is 10.1 Å². The highest BCUT2D eigenvalue weighted by atomic mass is 35.5. The van der Waals surface area contributed by atoms with Crippen LogP contribution < -0.4 is 10.1 Å². The number of ether oxygens (including phenoxy) is 1. The lowest BCUT2D eigenvalue weighted by Crippen LogP contribution is -2.07. The fourth-order valence-electron chi connectivity index (χ4n) is 1.63. The summed E-state index contributed by atoms with van der Waals surface area (Å²) in [5.41, 5.74) is 0.917. The molecule has 0 amide bonds. The highest BCUT2D eigenvalue weighted by Gasteiger charge is 2.11. The quantitative estimate of drug-likeness (QED) is 0.847. The maximum absolute atomic E-state index is 11.4. The topological polar surface area (TPSA) is 81.2 Å². The van der Waals surface area contributed by atoms with Gasteiger partial charge in [0.05, 0.1) is 12.1 Å². The summed E-state index contributed by atoms with van der Waals surface area (Å²) >= 11 is 6.04. The number of hydrogen-bond donors (Lipinski definition) is 1. The van der Waals surface area contributed by atoms with Gasteiger partial charge in [-0.1, -0.05) is 17.7 Å². The molecular weight excluding hydrogens is 314 g/mol. The van der Waals surface area contributed by atoms with E-state index >= 15 is 0 Å². The van der Waals surface area contributed by atoms with Crippen LogP contribution in [-0.4, -0.2) is 31.8 Å². The van der Waals surface area contributed by atoms with Gasteiger partial charge in [0.2, 0.25) is 15.0 Å². The molecule has 1 N–H and O–H groups in total. The third-order valence-electron chi connectivity index (χ3n) is 2.65. The van der Waals surface area contributed by atoms with E-state index in [9.17, 15) is 8.42 Å². The third kappa shape index (κ3) is 4.05. The van der Waals surface area contributed by atoms with Crippen LogP contribution in [0, 0.1) is 0 Å². The Bertz CT molecular complexity index is 750. The van der Waals surface area contributed by atoms with Gasteiger partial charge in [-0.05, 0) is 23.8 Å². The minimum Gasteiger partial charge on any atom is -0.495 e. The van der Waals surface area contributed by atoms with Crippen molar-refractivity contribution in [2.45, 2.75) is 11.7 Å². The molecule has 2 aromatic rings. The molecule has 8 heteroatoms. The Morgan fingerprint density at radius 1 is 1.33 bits per heavy atom. The lowest BCUT2D eigenvalue weighted by molar-refractivity contribution is 0.415. The van der Waals surface area contributed by atoms with Crippen LogP contribution in [0.2, 0.25) is 5.02 Å². The number of nitrogens with one attached hydrogen (secondary N) is 1. The van der Waals surface area contributed by atoms with Crippen molar-refractivity contribution in [3.63, 3.8) is 0 Å². The molecule has 1 heterocycles. The highest BCUT2D eigenvalue weighted by molar-refractivity contribution is 7.90. The molecule has 1 aromatic heterocycles. The molecular formula is C13H14ClN3O3S. The molecule has 0 unspecified atom stereocenters. The number of sulfone groups is 1. The van der Waals surface area contributed by atoms with E-state index in [0.717, 1.165) is 11.8 Å². The Labute approximate surface area is 128 Å². The summed E-state index contributed by atoms with van der Waals surface area (Å²) in [4.78, 5) is 7.67. The fraction of sp³-hybridized carbons (Fsp3) is 0.231. The zero-order valence-electron chi connectivity index (χ0n) is 11.5. The molecule has 0 fully saturated rings. The molecule has 21 heavy (non-hydrogen) atoms. The molecule has 0 bridgehead atoms. The van der Waals surface area contributed by atoms with Gasteiger partial charge in [-0.25, -0.2) is 18.4 Å². The first-order valence-electron chi connectivity index (χ1n) is 5.99. The predicted octanol–water partition coefficient (Wildman–Crippen LogP) is 2.15. The lowest BCUT2D eigenvalue weighted by Gasteiger charge is -2.08. The van der Waals surface area contributed by atoms with Crippen LogP contribution in [0.1, 0.15) is 5.56 Å². The first-order valence-corrected chi connectivity index (χ1v) is 8.26. The Balaban J connectivity index is 2.11. The second kappa shape index (κ2) is 6.28. The molecule has 0 aliphatic rings. The molecule has 112 valence electrons. The summed E-state index contributed by atoms with van der Waals surface area (Å²) in [7, 11) is -1.88. The van der Waals surface area contributed by atoms with Gasteiger partial charge in [0.25, 0.3) is 0 Å². The maximum Gasteiger partial charge on any atom is 0.248 e. The van der Waals surface area contributed by atoms with Crippen molar-refractivity contribution in [1.29, 1.82) is 0 Å². The molecule has 0 saturated heterocycles. The number of anilines is 1. The van der Waals surface area contributed by atoms with Crippen molar-refractivity contribution in [3.05, 3.63) is 41.0 Å². The maximum atomic E-state index is 11.4. The summed E-state index contributed by atoms with van der Waals surface area (Å²) in [6.07, 6.45) is 2.46. The first kappa shape index (κ1) is 15.5. The Morgan fingerprint density at radius 3 is 2.71 bits per heavy atom. The molecule has 0 aliphatic carbocycles. The van der Waals surface area contributed by atoms with Gasteiger partial charge in [0.15, 0.2) is 0 Å². The summed E-state index contributed by atoms with van der Waals surface area (Å²) in [5, 5.41) is 3.33. The van der Waals surface area contributed by atoms with Gasteiger partial charge in [0.1, 0.15) is 11.6 Å². The molecule has 0 spiro atoms. The smallest absolute Gasteiger partial charge is 0.248 e. The molecule has 0 atom stereocenters. The third-order valence-corrected chi connectivity index (χ3v) is 3.81. The molecule has 6 nitrogen and oxygen atoms in total. The SMILES string of the molecule is COc1ccc(CNc2ccnc(S(C)(=O)=O)n2)cc1Cl. The number of nitrogens with zero attached hydrogens (tertiary/aromatic N) is 2. The summed E-state index contributed by atoms with van der Waals surface area (Å²) in [6.45, 7) is 0.448. The van der Waals surface area contributed by atoms with Crippen LogP contribution >= 0.6 is 11.6 Å². The lowest BCUT2D eigenvalue weighted by atomic mass is 10.2. The molecule has 1 aromatic carbocycles. The van der Waals surface area contributed by atoms with Gasteiger partial charge in [-0.15, -0.1) is 0 Å². The molecule has 0 radical (unpaired) electrons. The van der Waals surface area contributed by atoms with E-state index in [0.29, 0.717) is 23.1 Å². The van der Waals surface area contributed by atoms with Crippen molar-refractivity contribution < 1.29 is 13.2 Å². The van der Waals surface area contributed by atoms with Crippen molar-refractivity contribution >= 4 is 27.3 Å². The van der Waals surface area contributed by atoms with Crippen LogP contribution in [0.3, 0.4) is 0 Å². The zero-order chi connectivity index (χ0) is 15.5. The average molecular weight is 328 g/mol. The van der Waals surface area contributed by atoms with E-state index in [1.165, 1.54) is 6.20 Å². The largest absolute Gasteiger partial charge is 0.495 e. The zero-order valence-corrected chi connectivity index (χ0v) is 13.1. The van der Waals surface area contributed by atoms with Gasteiger partial charge in [-0.3, -0.25) is 0 Å². The van der Waals surface area contributed by atoms with E-state index in [1.807, 2.05) is 6.07 Å². The number of aromatic nitrogens is 2. The Kier molecular flexibility index (Phi) is 4.64. The van der Waals surface area contributed by atoms with Crippen LogP contribution in [0.4, 0.5) is 5.82 Å². The van der Waals surface area contributed by atoms with Crippen molar-refractivity contribution in [2.75, 3.05) is 18.7 Å². The Hall–Kier alpha value is -1.86. The van der Waals surface area contributed by atoms with Crippen LogP contribution in [0.25, 0.3) is 0 Å². The van der Waals surface area contributed by atoms with Crippen LogP contribution in [0.15, 0.2) is 35.6 Å². The fourth-order valence-corrected chi connectivity index (χ4v) is 2.43. The predicted molar refractivity (Wildman–Crippen MR) is 80.5 cm³/mol.